The number of nitrogens with one attached hydrogen (secondary N) is 1. The zero-order chi connectivity index (χ0) is 30.7. The molecule has 2 aliphatic heterocycles. The molecule has 1 N–H and O–H groups in total. The first-order chi connectivity index (χ1) is 21.1. The number of thioether (sulfide) groups is 1. The van der Waals surface area contributed by atoms with Gasteiger partial charge in [0, 0.05) is 26.7 Å². The number of carbonyl (C=O) groups is 3. The van der Waals surface area contributed by atoms with Crippen LogP contribution in [0.3, 0.4) is 0 Å². The van der Waals surface area contributed by atoms with E-state index in [2.05, 4.69) is 5.32 Å². The Morgan fingerprint density at radius 2 is 1.64 bits per heavy atom. The summed E-state index contributed by atoms with van der Waals surface area (Å²) in [6.45, 7) is -0.349. The Bertz CT molecular complexity index is 2010. The van der Waals surface area contributed by atoms with E-state index in [0.29, 0.717) is 25.4 Å². The molecular weight excluding hydrogens is 632 g/mol. The Hall–Kier alpha value is -4.20. The van der Waals surface area contributed by atoms with Crippen LogP contribution in [0.1, 0.15) is 21.2 Å². The van der Waals surface area contributed by atoms with E-state index < -0.39 is 57.1 Å². The molecule has 3 amide bonds. The second-order valence-corrected chi connectivity index (χ2v) is 13.4. The molecule has 0 radical (unpaired) electrons. The van der Waals surface area contributed by atoms with Crippen molar-refractivity contribution in [3.63, 3.8) is 0 Å². The molecule has 3 atom stereocenters. The van der Waals surface area contributed by atoms with E-state index in [1.165, 1.54) is 28.0 Å². The largest absolute Gasteiger partial charge is 0.418 e. The molecule has 0 aliphatic carbocycles. The molecule has 222 valence electrons. The molecule has 1 fully saturated rings. The number of carbonyl (C=O) groups excluding carboxylic acids is 3. The van der Waals surface area contributed by atoms with Crippen LogP contribution in [0.4, 0.5) is 24.5 Å². The fraction of sp³-hybridized carbons (Fsp3) is 0.161. The summed E-state index contributed by atoms with van der Waals surface area (Å²) in [5, 5.41) is 5.68. The standard InChI is InChI=1S/C31H20F3N3O4S3/c32-31(33,34)18-10-3-4-12-20(18)37-27(39)24-23(21-13-6-14-42-21)26-29(43-25(24)28(37)40)36(30(41)44-26)15-22(38)35-19-11-5-8-16-7-1-2-9-17(16)19/h1-14,23-25H,15H2,(H,35,38)/t23-,24-,25+/m0/s1. The van der Waals surface area contributed by atoms with E-state index in [-0.39, 0.29) is 6.54 Å². The summed E-state index contributed by atoms with van der Waals surface area (Å²) < 4.78 is 43.1. The lowest BCUT2D eigenvalue weighted by atomic mass is 9.87. The second kappa shape index (κ2) is 10.8. The normalized spacial score (nSPS) is 19.7. The molecule has 7 nitrogen and oxygen atoms in total. The van der Waals surface area contributed by atoms with Gasteiger partial charge in [0.1, 0.15) is 11.8 Å². The van der Waals surface area contributed by atoms with E-state index in [9.17, 15) is 32.3 Å². The number of rotatable bonds is 5. The number of hydrogen-bond donors (Lipinski definition) is 1. The van der Waals surface area contributed by atoms with Gasteiger partial charge in [0.05, 0.1) is 22.2 Å². The predicted molar refractivity (Wildman–Crippen MR) is 164 cm³/mol. The van der Waals surface area contributed by atoms with Crippen molar-refractivity contribution in [1.29, 1.82) is 0 Å². The minimum atomic E-state index is -4.79. The minimum Gasteiger partial charge on any atom is -0.324 e. The van der Waals surface area contributed by atoms with Gasteiger partial charge in [0.2, 0.25) is 17.7 Å². The van der Waals surface area contributed by atoms with E-state index in [0.717, 1.165) is 46.0 Å². The summed E-state index contributed by atoms with van der Waals surface area (Å²) in [4.78, 5) is 55.7. The summed E-state index contributed by atoms with van der Waals surface area (Å²) in [6.07, 6.45) is -4.79. The van der Waals surface area contributed by atoms with Gasteiger partial charge >= 0.3 is 11.0 Å². The van der Waals surface area contributed by atoms with Crippen molar-refractivity contribution in [3.8, 4) is 0 Å². The highest BCUT2D eigenvalue weighted by molar-refractivity contribution is 8.00. The number of imide groups is 1. The lowest BCUT2D eigenvalue weighted by Gasteiger charge is -2.29. The van der Waals surface area contributed by atoms with Crippen molar-refractivity contribution in [3.05, 3.63) is 109 Å². The molecule has 2 aliphatic rings. The van der Waals surface area contributed by atoms with E-state index in [4.69, 9.17) is 0 Å². The van der Waals surface area contributed by atoms with E-state index in [1.54, 1.807) is 23.6 Å². The fourth-order valence-electron chi connectivity index (χ4n) is 5.84. The number of para-hydroxylation sites is 1. The zero-order valence-electron chi connectivity index (χ0n) is 22.4. The number of halogens is 3. The maximum Gasteiger partial charge on any atom is 0.418 e. The molecule has 0 unspecified atom stereocenters. The van der Waals surface area contributed by atoms with Crippen LogP contribution in [0.5, 0.6) is 0 Å². The van der Waals surface area contributed by atoms with Crippen LogP contribution in [0, 0.1) is 5.92 Å². The molecule has 2 aromatic heterocycles. The number of amides is 3. The number of thiophene rings is 1. The number of hydrogen-bond acceptors (Lipinski definition) is 7. The van der Waals surface area contributed by atoms with Crippen LogP contribution in [-0.4, -0.2) is 27.5 Å². The Labute approximate surface area is 259 Å². The van der Waals surface area contributed by atoms with Crippen LogP contribution in [0.15, 0.2) is 94.1 Å². The smallest absolute Gasteiger partial charge is 0.324 e. The molecular formula is C31H20F3N3O4S3. The van der Waals surface area contributed by atoms with Crippen molar-refractivity contribution < 1.29 is 27.6 Å². The number of thiazole rings is 1. The number of anilines is 2. The summed E-state index contributed by atoms with van der Waals surface area (Å²) in [5.41, 5.74) is -1.04. The molecule has 44 heavy (non-hydrogen) atoms. The minimum absolute atomic E-state index is 0.349. The predicted octanol–water partition coefficient (Wildman–Crippen LogP) is 6.58. The van der Waals surface area contributed by atoms with Crippen LogP contribution in [0.25, 0.3) is 10.8 Å². The van der Waals surface area contributed by atoms with Crippen LogP contribution in [0.2, 0.25) is 0 Å². The number of aromatic nitrogens is 1. The first kappa shape index (κ1) is 28.6. The molecule has 0 spiro atoms. The third kappa shape index (κ3) is 4.66. The van der Waals surface area contributed by atoms with Gasteiger partial charge < -0.3 is 5.32 Å². The Balaban J connectivity index is 1.27. The highest BCUT2D eigenvalue weighted by Gasteiger charge is 2.58. The highest BCUT2D eigenvalue weighted by atomic mass is 32.2. The van der Waals surface area contributed by atoms with Crippen LogP contribution in [-0.2, 0) is 27.1 Å². The monoisotopic (exact) mass is 651 g/mol. The van der Waals surface area contributed by atoms with E-state index >= 15 is 0 Å². The van der Waals surface area contributed by atoms with Crippen LogP contribution < -0.4 is 15.1 Å². The van der Waals surface area contributed by atoms with Gasteiger partial charge in [-0.25, -0.2) is 4.90 Å². The van der Waals surface area contributed by atoms with E-state index in [1.807, 2.05) is 36.4 Å². The van der Waals surface area contributed by atoms with Crippen molar-refractivity contribution >= 4 is 74.3 Å². The first-order valence-corrected chi connectivity index (χ1v) is 16.0. The molecule has 3 aromatic carbocycles. The fourth-order valence-corrected chi connectivity index (χ4v) is 9.56. The zero-order valence-corrected chi connectivity index (χ0v) is 24.9. The summed E-state index contributed by atoms with van der Waals surface area (Å²) in [6, 6.07) is 21.1. The molecule has 4 heterocycles. The number of fused-ring (bicyclic) bond motifs is 3. The van der Waals surface area contributed by atoms with Gasteiger partial charge in [-0.1, -0.05) is 77.7 Å². The number of nitrogens with zero attached hydrogens (tertiary/aromatic N) is 2. The molecule has 1 saturated heterocycles. The first-order valence-electron chi connectivity index (χ1n) is 13.4. The van der Waals surface area contributed by atoms with Gasteiger partial charge in [0.15, 0.2) is 0 Å². The SMILES string of the molecule is O=C(Cn1c2c(sc1=O)[C@@H](c1cccs1)[C@@H]1C(=O)N(c3ccccc3C(F)(F)F)C(=O)[C@@H]1S2)Nc1cccc2ccccc12. The van der Waals surface area contributed by atoms with Gasteiger partial charge in [-0.3, -0.25) is 23.7 Å². The van der Waals surface area contributed by atoms with Crippen molar-refractivity contribution in [2.75, 3.05) is 10.2 Å². The summed E-state index contributed by atoms with van der Waals surface area (Å²) in [7, 11) is 0. The Morgan fingerprint density at radius 3 is 2.41 bits per heavy atom. The molecule has 13 heteroatoms. The van der Waals surface area contributed by atoms with Gasteiger partial charge in [-0.2, -0.15) is 13.2 Å². The van der Waals surface area contributed by atoms with Crippen LogP contribution >= 0.6 is 34.4 Å². The lowest BCUT2D eigenvalue weighted by molar-refractivity contribution is -0.137. The number of alkyl halides is 3. The molecule has 7 rings (SSSR count). The van der Waals surface area contributed by atoms with Crippen molar-refractivity contribution in [2.24, 2.45) is 5.92 Å². The quantitative estimate of drug-likeness (QED) is 0.217. The lowest BCUT2D eigenvalue weighted by Crippen LogP contribution is -2.33. The Morgan fingerprint density at radius 1 is 0.886 bits per heavy atom. The van der Waals surface area contributed by atoms with Crippen molar-refractivity contribution in [1.82, 2.24) is 4.57 Å². The maximum absolute atomic E-state index is 13.9. The third-order valence-electron chi connectivity index (χ3n) is 7.71. The third-order valence-corrected chi connectivity index (χ3v) is 11.3. The Kier molecular flexibility index (Phi) is 6.98. The summed E-state index contributed by atoms with van der Waals surface area (Å²) >= 11 is 3.16. The molecule has 0 bridgehead atoms. The average molecular weight is 652 g/mol. The molecule has 5 aromatic rings. The van der Waals surface area contributed by atoms with Gasteiger partial charge in [0.25, 0.3) is 0 Å². The summed E-state index contributed by atoms with van der Waals surface area (Å²) in [5.74, 6) is -3.78. The topological polar surface area (TPSA) is 88.5 Å². The maximum atomic E-state index is 13.9. The molecule has 0 saturated carbocycles. The highest BCUT2D eigenvalue weighted by Crippen LogP contribution is 2.55. The second-order valence-electron chi connectivity index (χ2n) is 10.3. The van der Waals surface area contributed by atoms with Gasteiger partial charge in [-0.05, 0) is 35.0 Å². The number of benzene rings is 3. The van der Waals surface area contributed by atoms with Gasteiger partial charge in [-0.15, -0.1) is 11.3 Å². The average Bonchev–Trinajstić information content (AvgIpc) is 3.70. The van der Waals surface area contributed by atoms with Crippen molar-refractivity contribution in [2.45, 2.75) is 28.9 Å².